The van der Waals surface area contributed by atoms with Gasteiger partial charge in [-0.15, -0.1) is 0 Å². The average Bonchev–Trinajstić information content (AvgIpc) is 3.32. The Hall–Kier alpha value is -3.97. The summed E-state index contributed by atoms with van der Waals surface area (Å²) in [6, 6.07) is 19.9. The van der Waals surface area contributed by atoms with Gasteiger partial charge in [0, 0.05) is 29.4 Å². The zero-order chi connectivity index (χ0) is 22.4. The first-order valence-corrected chi connectivity index (χ1v) is 10.3. The van der Waals surface area contributed by atoms with E-state index in [1.54, 1.807) is 24.3 Å². The number of anilines is 2. The highest BCUT2D eigenvalue weighted by Crippen LogP contribution is 2.40. The molecule has 2 aliphatic heterocycles. The summed E-state index contributed by atoms with van der Waals surface area (Å²) >= 11 is 5.98. The first-order valence-electron chi connectivity index (χ1n) is 9.94. The quantitative estimate of drug-likeness (QED) is 0.333. The number of non-ortho nitro benzene ring substituents is 1. The van der Waals surface area contributed by atoms with E-state index in [4.69, 9.17) is 11.6 Å². The molecule has 32 heavy (non-hydrogen) atoms. The third-order valence-corrected chi connectivity index (χ3v) is 5.92. The molecule has 0 bridgehead atoms. The van der Waals surface area contributed by atoms with Crippen LogP contribution in [-0.2, 0) is 16.0 Å². The fraction of sp³-hybridized carbons (Fsp3) is 0.0833. The van der Waals surface area contributed by atoms with Crippen molar-refractivity contribution >= 4 is 46.1 Å². The molecule has 2 heterocycles. The predicted octanol–water partition coefficient (Wildman–Crippen LogP) is 4.60. The molecule has 2 aliphatic rings. The van der Waals surface area contributed by atoms with E-state index in [0.29, 0.717) is 22.8 Å². The molecule has 2 amide bonds. The summed E-state index contributed by atoms with van der Waals surface area (Å²) in [6.07, 6.45) is 0.746. The fourth-order valence-electron chi connectivity index (χ4n) is 4.17. The highest BCUT2D eigenvalue weighted by atomic mass is 35.5. The summed E-state index contributed by atoms with van der Waals surface area (Å²) in [6.45, 7) is 0.554. The highest BCUT2D eigenvalue weighted by Gasteiger charge is 2.44. The van der Waals surface area contributed by atoms with E-state index in [-0.39, 0.29) is 17.0 Å². The van der Waals surface area contributed by atoms with Gasteiger partial charge >= 0.3 is 0 Å². The van der Waals surface area contributed by atoms with Crippen LogP contribution in [0.3, 0.4) is 0 Å². The van der Waals surface area contributed by atoms with Gasteiger partial charge in [-0.05, 0) is 60.0 Å². The van der Waals surface area contributed by atoms with Crippen LogP contribution in [0.5, 0.6) is 0 Å². The average molecular weight is 446 g/mol. The molecule has 0 N–H and O–H groups in total. The highest BCUT2D eigenvalue weighted by molar-refractivity contribution is 6.46. The lowest BCUT2D eigenvalue weighted by Gasteiger charge is -2.21. The number of amides is 2. The second-order valence-corrected chi connectivity index (χ2v) is 7.92. The minimum atomic E-state index is -0.503. The minimum Gasteiger partial charge on any atom is -0.336 e. The molecule has 0 saturated carbocycles. The van der Waals surface area contributed by atoms with Gasteiger partial charge in [-0.2, -0.15) is 0 Å². The lowest BCUT2D eigenvalue weighted by atomic mass is 10.0. The number of imide groups is 1. The Bertz CT molecular complexity index is 1300. The van der Waals surface area contributed by atoms with Crippen LogP contribution in [0.4, 0.5) is 17.1 Å². The molecule has 8 heteroatoms. The molecule has 3 aromatic rings. The Morgan fingerprint density at radius 1 is 0.875 bits per heavy atom. The number of para-hydroxylation sites is 1. The number of hydrogen-bond donors (Lipinski definition) is 0. The molecule has 0 unspecified atom stereocenters. The largest absolute Gasteiger partial charge is 0.336 e. The van der Waals surface area contributed by atoms with Gasteiger partial charge in [-0.25, -0.2) is 4.90 Å². The Morgan fingerprint density at radius 3 is 2.25 bits per heavy atom. The zero-order valence-corrected chi connectivity index (χ0v) is 17.5. The minimum absolute atomic E-state index is 0.0891. The molecule has 7 nitrogen and oxygen atoms in total. The number of nitrogens with zero attached hydrogens (tertiary/aromatic N) is 3. The van der Waals surface area contributed by atoms with Gasteiger partial charge in [0.2, 0.25) is 0 Å². The van der Waals surface area contributed by atoms with Gasteiger partial charge in [0.15, 0.2) is 0 Å². The number of halogens is 1. The summed E-state index contributed by atoms with van der Waals surface area (Å²) < 4.78 is 0. The SMILES string of the molecule is O=C1C(c2ccc([N+](=O)[O-])cc2)=C(N2CCc3ccccc32)C(=O)N1c1ccc(Cl)cc1. The Balaban J connectivity index is 1.67. The van der Waals surface area contributed by atoms with Crippen molar-refractivity contribution in [1.82, 2.24) is 0 Å². The standard InChI is InChI=1S/C24H16ClN3O4/c25-17-7-11-18(12-8-17)27-23(29)21(16-5-9-19(10-6-16)28(31)32)22(24(27)30)26-14-13-15-3-1-2-4-20(15)26/h1-12H,13-14H2. The van der Waals surface area contributed by atoms with Crippen LogP contribution in [-0.4, -0.2) is 23.3 Å². The monoisotopic (exact) mass is 445 g/mol. The van der Waals surface area contributed by atoms with Crippen molar-refractivity contribution in [2.45, 2.75) is 6.42 Å². The van der Waals surface area contributed by atoms with Crippen LogP contribution in [0, 0.1) is 10.1 Å². The number of nitro benzene ring substituents is 1. The van der Waals surface area contributed by atoms with Gasteiger partial charge in [0.25, 0.3) is 17.5 Å². The molecule has 0 radical (unpaired) electrons. The van der Waals surface area contributed by atoms with E-state index in [1.165, 1.54) is 24.3 Å². The van der Waals surface area contributed by atoms with E-state index in [1.807, 2.05) is 29.2 Å². The summed E-state index contributed by atoms with van der Waals surface area (Å²) in [5, 5.41) is 11.6. The number of benzene rings is 3. The summed E-state index contributed by atoms with van der Waals surface area (Å²) in [5.41, 5.74) is 3.22. The third-order valence-electron chi connectivity index (χ3n) is 5.67. The van der Waals surface area contributed by atoms with Crippen molar-refractivity contribution in [3.63, 3.8) is 0 Å². The normalized spacial score (nSPS) is 15.5. The van der Waals surface area contributed by atoms with Crippen LogP contribution in [0.15, 0.2) is 78.5 Å². The van der Waals surface area contributed by atoms with Crippen molar-refractivity contribution in [3.8, 4) is 0 Å². The molecule has 0 atom stereocenters. The first kappa shape index (κ1) is 20.0. The fourth-order valence-corrected chi connectivity index (χ4v) is 4.30. The van der Waals surface area contributed by atoms with Crippen molar-refractivity contribution < 1.29 is 14.5 Å². The first-order chi connectivity index (χ1) is 15.5. The van der Waals surface area contributed by atoms with Gasteiger partial charge in [0.1, 0.15) is 5.70 Å². The van der Waals surface area contributed by atoms with Crippen LogP contribution in [0.1, 0.15) is 11.1 Å². The van der Waals surface area contributed by atoms with E-state index >= 15 is 0 Å². The maximum absolute atomic E-state index is 13.6. The van der Waals surface area contributed by atoms with E-state index in [9.17, 15) is 19.7 Å². The molecule has 0 fully saturated rings. The Labute approximate surface area is 188 Å². The van der Waals surface area contributed by atoms with Crippen molar-refractivity contribution in [3.05, 3.63) is 105 Å². The predicted molar refractivity (Wildman–Crippen MR) is 121 cm³/mol. The van der Waals surface area contributed by atoms with E-state index in [2.05, 4.69) is 0 Å². The van der Waals surface area contributed by atoms with Gasteiger partial charge in [-0.3, -0.25) is 19.7 Å². The molecule has 0 saturated heterocycles. The number of rotatable bonds is 4. The number of carbonyl (C=O) groups is 2. The van der Waals surface area contributed by atoms with Crippen molar-refractivity contribution in [2.24, 2.45) is 0 Å². The molecule has 3 aromatic carbocycles. The van der Waals surface area contributed by atoms with Gasteiger partial charge in [0.05, 0.1) is 16.2 Å². The Morgan fingerprint density at radius 2 is 1.56 bits per heavy atom. The maximum Gasteiger partial charge on any atom is 0.282 e. The van der Waals surface area contributed by atoms with Crippen molar-refractivity contribution in [2.75, 3.05) is 16.3 Å². The Kier molecular flexibility index (Phi) is 4.75. The number of fused-ring (bicyclic) bond motifs is 1. The second kappa shape index (κ2) is 7.62. The third kappa shape index (κ3) is 3.14. The number of hydrogen-bond acceptors (Lipinski definition) is 5. The lowest BCUT2D eigenvalue weighted by Crippen LogP contribution is -2.34. The zero-order valence-electron chi connectivity index (χ0n) is 16.7. The summed E-state index contributed by atoms with van der Waals surface area (Å²) in [7, 11) is 0. The number of nitro groups is 1. The maximum atomic E-state index is 13.6. The van der Waals surface area contributed by atoms with Crippen LogP contribution in [0.2, 0.25) is 5.02 Å². The van der Waals surface area contributed by atoms with Crippen LogP contribution >= 0.6 is 11.6 Å². The molecular weight excluding hydrogens is 430 g/mol. The topological polar surface area (TPSA) is 83.8 Å². The molecule has 5 rings (SSSR count). The lowest BCUT2D eigenvalue weighted by molar-refractivity contribution is -0.384. The van der Waals surface area contributed by atoms with Crippen LogP contribution in [0.25, 0.3) is 5.57 Å². The molecule has 0 aliphatic carbocycles. The summed E-state index contributed by atoms with van der Waals surface area (Å²) in [4.78, 5) is 40.7. The van der Waals surface area contributed by atoms with Gasteiger partial charge < -0.3 is 4.90 Å². The molecule has 0 spiro atoms. The molecule has 158 valence electrons. The smallest absolute Gasteiger partial charge is 0.282 e. The van der Waals surface area contributed by atoms with Crippen molar-refractivity contribution in [1.29, 1.82) is 0 Å². The molecule has 0 aromatic heterocycles. The van der Waals surface area contributed by atoms with Crippen LogP contribution < -0.4 is 9.80 Å². The van der Waals surface area contributed by atoms with Gasteiger partial charge in [-0.1, -0.05) is 29.8 Å². The van der Waals surface area contributed by atoms with E-state index in [0.717, 1.165) is 22.6 Å². The second-order valence-electron chi connectivity index (χ2n) is 7.48. The van der Waals surface area contributed by atoms with E-state index < -0.39 is 16.7 Å². The number of carbonyl (C=O) groups excluding carboxylic acids is 2. The summed E-state index contributed by atoms with van der Waals surface area (Å²) in [5.74, 6) is -0.923. The molecular formula is C24H16ClN3O4.